The van der Waals surface area contributed by atoms with Gasteiger partial charge >= 0.3 is 5.97 Å². The lowest BCUT2D eigenvalue weighted by Crippen LogP contribution is -2.16. The predicted octanol–water partition coefficient (Wildman–Crippen LogP) is 1.53. The predicted molar refractivity (Wildman–Crippen MR) is 87.7 cm³/mol. The van der Waals surface area contributed by atoms with Gasteiger partial charge < -0.3 is 4.74 Å². The summed E-state index contributed by atoms with van der Waals surface area (Å²) in [5.41, 5.74) is -0.887. The van der Waals surface area contributed by atoms with E-state index in [-0.39, 0.29) is 0 Å². The monoisotopic (exact) mass is 395 g/mol. The number of hydrogen-bond donors (Lipinski definition) is 1. The fourth-order valence-electron chi connectivity index (χ4n) is 2.10. The van der Waals surface area contributed by atoms with Crippen LogP contribution < -0.4 is 4.72 Å². The first kappa shape index (κ1) is 18.4. The molecule has 12 heteroatoms. The molecule has 0 spiro atoms. The molecule has 0 amide bonds. The summed E-state index contributed by atoms with van der Waals surface area (Å²) in [6, 6.07) is 3.66. The number of hydrogen-bond acceptors (Lipinski definition) is 7. The van der Waals surface area contributed by atoms with Crippen LogP contribution >= 0.6 is 0 Å². The molecule has 3 rings (SSSR count). The highest BCUT2D eigenvalue weighted by Gasteiger charge is 2.22. The van der Waals surface area contributed by atoms with Crippen molar-refractivity contribution in [2.45, 2.75) is 5.03 Å². The quantitative estimate of drug-likeness (QED) is 0.651. The Balaban J connectivity index is 1.88. The Kier molecular flexibility index (Phi) is 4.81. The molecule has 0 radical (unpaired) electrons. The molecule has 0 bridgehead atoms. The first-order valence-corrected chi connectivity index (χ1v) is 8.71. The molecule has 140 valence electrons. The van der Waals surface area contributed by atoms with Gasteiger partial charge in [-0.1, -0.05) is 0 Å². The fourth-order valence-corrected chi connectivity index (χ4v) is 3.09. The summed E-state index contributed by atoms with van der Waals surface area (Å²) in [6.07, 6.45) is 3.91. The Morgan fingerprint density at radius 3 is 2.59 bits per heavy atom. The van der Waals surface area contributed by atoms with Crippen molar-refractivity contribution >= 4 is 21.7 Å². The van der Waals surface area contributed by atoms with Crippen molar-refractivity contribution in [2.75, 3.05) is 11.8 Å². The zero-order valence-corrected chi connectivity index (χ0v) is 14.4. The van der Waals surface area contributed by atoms with Crippen LogP contribution in [0.25, 0.3) is 5.69 Å². The largest absolute Gasteiger partial charge is 0.465 e. The molecule has 1 N–H and O–H groups in total. The van der Waals surface area contributed by atoms with Gasteiger partial charge in [-0.25, -0.2) is 28.2 Å². The van der Waals surface area contributed by atoms with Gasteiger partial charge in [-0.2, -0.15) is 13.5 Å². The number of halogens is 2. The SMILES string of the molecule is COC(=O)c1cc(F)c(NS(=O)(=O)c2ccc(-n3cncn3)cn2)cc1F. The third-order valence-corrected chi connectivity index (χ3v) is 4.67. The molecule has 0 atom stereocenters. The Hall–Kier alpha value is -3.41. The van der Waals surface area contributed by atoms with Crippen LogP contribution in [0.5, 0.6) is 0 Å². The van der Waals surface area contributed by atoms with Crippen molar-refractivity contribution in [1.29, 1.82) is 0 Å². The van der Waals surface area contributed by atoms with E-state index in [1.54, 1.807) is 0 Å². The molecule has 0 aliphatic heterocycles. The molecule has 0 saturated heterocycles. The minimum absolute atomic E-state index is 0.428. The average Bonchev–Trinajstić information content (AvgIpc) is 3.18. The molecule has 3 aromatic rings. The highest BCUT2D eigenvalue weighted by molar-refractivity contribution is 7.92. The summed E-state index contributed by atoms with van der Waals surface area (Å²) >= 11 is 0. The number of aromatic nitrogens is 4. The second-order valence-electron chi connectivity index (χ2n) is 5.10. The highest BCUT2D eigenvalue weighted by Crippen LogP contribution is 2.23. The van der Waals surface area contributed by atoms with Gasteiger partial charge in [0.1, 0.15) is 24.3 Å². The van der Waals surface area contributed by atoms with Crippen LogP contribution in [-0.2, 0) is 14.8 Å². The molecule has 1 aromatic carbocycles. The number of benzene rings is 1. The normalized spacial score (nSPS) is 11.2. The van der Waals surface area contributed by atoms with Crippen LogP contribution in [0.1, 0.15) is 10.4 Å². The maximum absolute atomic E-state index is 14.1. The van der Waals surface area contributed by atoms with E-state index in [1.165, 1.54) is 29.6 Å². The minimum Gasteiger partial charge on any atom is -0.465 e. The molecule has 0 unspecified atom stereocenters. The van der Waals surface area contributed by atoms with Crippen LogP contribution in [0.4, 0.5) is 14.5 Å². The van der Waals surface area contributed by atoms with Gasteiger partial charge in [-0.05, 0) is 18.2 Å². The molecule has 0 saturated carbocycles. The molecular formula is C15H11F2N5O4S. The van der Waals surface area contributed by atoms with Crippen molar-refractivity contribution in [3.63, 3.8) is 0 Å². The lowest BCUT2D eigenvalue weighted by atomic mass is 10.2. The summed E-state index contributed by atoms with van der Waals surface area (Å²) in [5.74, 6) is -3.39. The maximum atomic E-state index is 14.1. The van der Waals surface area contributed by atoms with Gasteiger partial charge in [0.05, 0.1) is 30.2 Å². The number of nitrogens with one attached hydrogen (secondary N) is 1. The Labute approximate surface area is 151 Å². The molecule has 2 heterocycles. The molecular weight excluding hydrogens is 384 g/mol. The van der Waals surface area contributed by atoms with E-state index in [0.29, 0.717) is 17.8 Å². The van der Waals surface area contributed by atoms with E-state index in [1.807, 2.05) is 4.72 Å². The van der Waals surface area contributed by atoms with Gasteiger partial charge in [0.2, 0.25) is 0 Å². The number of ether oxygens (including phenoxy) is 1. The average molecular weight is 395 g/mol. The molecule has 27 heavy (non-hydrogen) atoms. The minimum atomic E-state index is -4.31. The number of pyridine rings is 1. The van der Waals surface area contributed by atoms with Gasteiger partial charge in [0, 0.05) is 6.07 Å². The maximum Gasteiger partial charge on any atom is 0.340 e. The topological polar surface area (TPSA) is 116 Å². The van der Waals surface area contributed by atoms with Crippen molar-refractivity contribution in [1.82, 2.24) is 19.7 Å². The zero-order valence-electron chi connectivity index (χ0n) is 13.6. The second-order valence-corrected chi connectivity index (χ2v) is 6.73. The molecule has 2 aromatic heterocycles. The van der Waals surface area contributed by atoms with Crippen LogP contribution in [0.15, 0.2) is 48.1 Å². The van der Waals surface area contributed by atoms with Gasteiger partial charge in [0.15, 0.2) is 5.03 Å². The summed E-state index contributed by atoms with van der Waals surface area (Å²) < 4.78 is 60.3. The zero-order chi connectivity index (χ0) is 19.6. The molecule has 0 aliphatic rings. The van der Waals surface area contributed by atoms with E-state index in [2.05, 4.69) is 19.8 Å². The summed E-state index contributed by atoms with van der Waals surface area (Å²) in [7, 11) is -3.30. The van der Waals surface area contributed by atoms with Crippen LogP contribution in [0.2, 0.25) is 0 Å². The van der Waals surface area contributed by atoms with E-state index in [0.717, 1.165) is 13.2 Å². The van der Waals surface area contributed by atoms with E-state index in [9.17, 15) is 22.0 Å². The Morgan fingerprint density at radius 2 is 2.00 bits per heavy atom. The van der Waals surface area contributed by atoms with Gasteiger partial charge in [-0.3, -0.25) is 4.72 Å². The van der Waals surface area contributed by atoms with Gasteiger partial charge in [0.25, 0.3) is 10.0 Å². The number of nitrogens with zero attached hydrogens (tertiary/aromatic N) is 4. The first-order chi connectivity index (χ1) is 12.8. The third-order valence-electron chi connectivity index (χ3n) is 3.39. The number of rotatable bonds is 5. The lowest BCUT2D eigenvalue weighted by molar-refractivity contribution is 0.0595. The summed E-state index contributed by atoms with van der Waals surface area (Å²) in [6.45, 7) is 0. The van der Waals surface area contributed by atoms with E-state index < -0.39 is 43.9 Å². The van der Waals surface area contributed by atoms with Crippen molar-refractivity contribution in [2.24, 2.45) is 0 Å². The van der Waals surface area contributed by atoms with Crippen LogP contribution in [0.3, 0.4) is 0 Å². The lowest BCUT2D eigenvalue weighted by Gasteiger charge is -2.10. The fraction of sp³-hybridized carbons (Fsp3) is 0.0667. The third kappa shape index (κ3) is 3.74. The summed E-state index contributed by atoms with van der Waals surface area (Å²) in [4.78, 5) is 18.9. The van der Waals surface area contributed by atoms with Crippen molar-refractivity contribution in [3.8, 4) is 5.69 Å². The van der Waals surface area contributed by atoms with Gasteiger partial charge in [-0.15, -0.1) is 0 Å². The van der Waals surface area contributed by atoms with Crippen LogP contribution in [-0.4, -0.2) is 41.2 Å². The first-order valence-electron chi connectivity index (χ1n) is 7.23. The van der Waals surface area contributed by atoms with Crippen molar-refractivity contribution < 1.29 is 26.7 Å². The number of carbonyl (C=O) groups excluding carboxylic acids is 1. The number of esters is 1. The molecule has 0 fully saturated rings. The highest BCUT2D eigenvalue weighted by atomic mass is 32.2. The second kappa shape index (κ2) is 7.07. The van der Waals surface area contributed by atoms with E-state index >= 15 is 0 Å². The smallest absolute Gasteiger partial charge is 0.340 e. The standard InChI is InChI=1S/C15H11F2N5O4S/c1-26-15(23)10-4-12(17)13(5-11(10)16)21-27(24,25)14-3-2-9(6-19-14)22-8-18-7-20-22/h2-8,21H,1H3. The summed E-state index contributed by atoms with van der Waals surface area (Å²) in [5, 5.41) is 3.44. The number of carbonyl (C=O) groups is 1. The molecule has 9 nitrogen and oxygen atoms in total. The van der Waals surface area contributed by atoms with E-state index in [4.69, 9.17) is 0 Å². The van der Waals surface area contributed by atoms with Crippen LogP contribution in [0, 0.1) is 11.6 Å². The number of methoxy groups -OCH3 is 1. The molecule has 0 aliphatic carbocycles. The Morgan fingerprint density at radius 1 is 1.22 bits per heavy atom. The Bertz CT molecular complexity index is 1090. The number of anilines is 1. The van der Waals surface area contributed by atoms with Crippen molar-refractivity contribution in [3.05, 3.63) is 60.3 Å². The number of sulfonamides is 1.